The molecule has 77 heavy (non-hydrogen) atoms. The number of carbonyl (C=O) groups is 4. The lowest BCUT2D eigenvalue weighted by Gasteiger charge is -2.48. The zero-order chi connectivity index (χ0) is 53.7. The van der Waals surface area contributed by atoms with Crippen LogP contribution in [0, 0.1) is 17.8 Å². The number of aliphatic hydroxyl groups is 4. The zero-order valence-corrected chi connectivity index (χ0v) is 45.1. The van der Waals surface area contributed by atoms with Gasteiger partial charge in [-0.15, -0.1) is 22.7 Å². The van der Waals surface area contributed by atoms with Crippen molar-refractivity contribution in [1.82, 2.24) is 30.4 Å². The number of nitrogens with zero attached hydrogens (tertiary/aromatic N) is 4. The first kappa shape index (κ1) is 54.1. The normalized spacial score (nSPS) is 22.8. The van der Waals surface area contributed by atoms with Gasteiger partial charge in [-0.05, 0) is 116 Å². The number of benzene rings is 3. The number of ether oxygens (including phenoxy) is 2. The molecule has 3 aliphatic carbocycles. The highest BCUT2D eigenvalue weighted by Gasteiger charge is 2.49. The van der Waals surface area contributed by atoms with Gasteiger partial charge in [0.2, 0.25) is 0 Å². The lowest BCUT2D eigenvalue weighted by atomic mass is 9.67. The lowest BCUT2D eigenvalue weighted by Crippen LogP contribution is -2.54. The molecule has 2 fully saturated rings. The molecule has 0 saturated heterocycles. The van der Waals surface area contributed by atoms with Crippen LogP contribution in [-0.2, 0) is 56.3 Å². The third-order valence-electron chi connectivity index (χ3n) is 16.3. The molecule has 7 atom stereocenters. The van der Waals surface area contributed by atoms with Crippen LogP contribution in [0.1, 0.15) is 119 Å². The summed E-state index contributed by atoms with van der Waals surface area (Å²) in [5, 5.41) is 55.8. The van der Waals surface area contributed by atoms with Crippen LogP contribution in [0.4, 0.5) is 0 Å². The number of rotatable bonds is 19. The smallest absolute Gasteiger partial charge is 0.255 e. The maximum Gasteiger partial charge on any atom is 0.255 e. The Morgan fingerprint density at radius 2 is 1.18 bits per heavy atom. The summed E-state index contributed by atoms with van der Waals surface area (Å²) in [6.45, 7) is 0.663. The maximum atomic E-state index is 14.5. The van der Waals surface area contributed by atoms with Crippen LogP contribution in [0.25, 0.3) is 0 Å². The number of fused-ring (bicyclic) bond motifs is 2. The van der Waals surface area contributed by atoms with Crippen LogP contribution in [0.2, 0.25) is 0 Å². The van der Waals surface area contributed by atoms with E-state index in [-0.39, 0.29) is 42.8 Å². The van der Waals surface area contributed by atoms with Crippen molar-refractivity contribution in [3.05, 3.63) is 156 Å². The molecule has 3 aromatic carbocycles. The van der Waals surface area contributed by atoms with Crippen LogP contribution < -0.4 is 15.4 Å². The fraction of sp³-hybridized carbons (Fsp3) is 0.458. The molecule has 6 N–H and O–H groups in total. The van der Waals surface area contributed by atoms with Gasteiger partial charge in [0, 0.05) is 48.2 Å². The number of carbonyl (C=O) groups excluding carboxylic acids is 4. The largest absolute Gasteiger partial charge is 0.497 e. The molecule has 4 amide bonds. The first-order chi connectivity index (χ1) is 37.4. The van der Waals surface area contributed by atoms with Crippen LogP contribution in [-0.4, -0.2) is 116 Å². The van der Waals surface area contributed by atoms with E-state index in [1.165, 1.54) is 28.2 Å². The molecular weight excluding hydrogens is 1020 g/mol. The maximum absolute atomic E-state index is 14.5. The van der Waals surface area contributed by atoms with Gasteiger partial charge in [-0.3, -0.25) is 19.2 Å². The van der Waals surface area contributed by atoms with E-state index in [1.807, 2.05) is 71.4 Å². The molecule has 2 aromatic heterocycles. The van der Waals surface area contributed by atoms with Crippen LogP contribution in [0.15, 0.2) is 107 Å². The van der Waals surface area contributed by atoms with E-state index in [4.69, 9.17) is 9.47 Å². The summed E-state index contributed by atoms with van der Waals surface area (Å²) < 4.78 is 11.0. The minimum atomic E-state index is -2.01. The number of thiazole rings is 2. The first-order valence-corrected chi connectivity index (χ1v) is 28.6. The molecule has 16 nitrogen and oxygen atoms in total. The van der Waals surface area contributed by atoms with Crippen molar-refractivity contribution in [3.8, 4) is 5.75 Å². The van der Waals surface area contributed by atoms with E-state index in [2.05, 4.69) is 44.9 Å². The summed E-state index contributed by atoms with van der Waals surface area (Å²) in [5.74, 6) is -1.34. The predicted molar refractivity (Wildman–Crippen MR) is 290 cm³/mol. The van der Waals surface area contributed by atoms with Crippen molar-refractivity contribution in [1.29, 1.82) is 0 Å². The van der Waals surface area contributed by atoms with E-state index in [0.717, 1.165) is 102 Å². The molecule has 4 heterocycles. The molecule has 3 unspecified atom stereocenters. The molecule has 5 aliphatic rings. The fourth-order valence-electron chi connectivity index (χ4n) is 12.3. The Hall–Kier alpha value is -6.28. The minimum absolute atomic E-state index is 0.0103. The number of hydrogen-bond donors (Lipinski definition) is 6. The molecule has 5 aromatic rings. The number of para-hydroxylation sites is 1. The van der Waals surface area contributed by atoms with E-state index < -0.39 is 54.1 Å². The molecule has 18 heteroatoms. The highest BCUT2D eigenvalue weighted by Crippen LogP contribution is 2.54. The fourth-order valence-corrected chi connectivity index (χ4v) is 13.7. The molecule has 0 radical (unpaired) electrons. The molecule has 406 valence electrons. The lowest BCUT2D eigenvalue weighted by molar-refractivity contribution is -0.157. The van der Waals surface area contributed by atoms with E-state index in [0.29, 0.717) is 42.4 Å². The Balaban J connectivity index is 0.782. The van der Waals surface area contributed by atoms with E-state index >= 15 is 0 Å². The highest BCUT2D eigenvalue weighted by atomic mass is 32.1. The molecular formula is C59H68N6O10S2. The van der Waals surface area contributed by atoms with Crippen molar-refractivity contribution in [2.75, 3.05) is 27.3 Å². The van der Waals surface area contributed by atoms with Crippen molar-refractivity contribution in [2.45, 2.75) is 126 Å². The number of aromatic nitrogens is 2. The molecule has 0 spiro atoms. The summed E-state index contributed by atoms with van der Waals surface area (Å²) in [5.41, 5.74) is 8.06. The van der Waals surface area contributed by atoms with Crippen LogP contribution in [0.5, 0.6) is 5.75 Å². The molecule has 10 rings (SSSR count). The summed E-state index contributed by atoms with van der Waals surface area (Å²) in [7, 11) is 3.27. The molecule has 2 aliphatic heterocycles. The van der Waals surface area contributed by atoms with Crippen molar-refractivity contribution < 1.29 is 49.1 Å². The topological polar surface area (TPSA) is 224 Å². The zero-order valence-electron chi connectivity index (χ0n) is 43.5. The number of hydrogen-bond acceptors (Lipinski definition) is 14. The number of methoxy groups -OCH3 is 2. The van der Waals surface area contributed by atoms with Crippen molar-refractivity contribution in [3.63, 3.8) is 0 Å². The van der Waals surface area contributed by atoms with E-state index in [1.54, 1.807) is 24.0 Å². The Morgan fingerprint density at radius 1 is 0.636 bits per heavy atom. The summed E-state index contributed by atoms with van der Waals surface area (Å²) in [4.78, 5) is 68.4. The van der Waals surface area contributed by atoms with Gasteiger partial charge >= 0.3 is 0 Å². The second-order valence-electron chi connectivity index (χ2n) is 21.1. The summed E-state index contributed by atoms with van der Waals surface area (Å²) in [6.07, 6.45) is 4.39. The summed E-state index contributed by atoms with van der Waals surface area (Å²) >= 11 is 2.75. The Morgan fingerprint density at radius 3 is 1.82 bits per heavy atom. The average molecular weight is 1090 g/mol. The first-order valence-electron chi connectivity index (χ1n) is 26.9. The van der Waals surface area contributed by atoms with Gasteiger partial charge in [0.1, 0.15) is 21.5 Å². The summed E-state index contributed by atoms with van der Waals surface area (Å²) in [6, 6.07) is 23.2. The van der Waals surface area contributed by atoms with Gasteiger partial charge in [0.25, 0.3) is 23.6 Å². The van der Waals surface area contributed by atoms with Gasteiger partial charge in [-0.1, -0.05) is 72.8 Å². The number of allylic oxidation sites excluding steroid dienone is 3. The third-order valence-corrected chi connectivity index (χ3v) is 18.1. The van der Waals surface area contributed by atoms with Crippen LogP contribution in [0.3, 0.4) is 0 Å². The van der Waals surface area contributed by atoms with Crippen molar-refractivity contribution in [2.24, 2.45) is 17.8 Å². The monoisotopic (exact) mass is 1080 g/mol. The van der Waals surface area contributed by atoms with Gasteiger partial charge < -0.3 is 50.3 Å². The molecule has 0 bridgehead atoms. The third kappa shape index (κ3) is 11.9. The minimum Gasteiger partial charge on any atom is -0.497 e. The standard InChI is InChI=1S/C59H68N6O10S2/c1-74-46-17-9-4-12-38(46)27-40-32-76-48(62-40)29-60-56(70)52(66)54(68)58(72)64-26-25-34-11-3-6-14-42(34)50(64)36-21-19-35(20-22-36)45-31-65(51(37-23-24-37)44-16-8-7-15-43(44)45)59(73)55(69)53(67)57(71)61-30-49-63-41(33-77-49)28-39-13-5-10-18-47(39)75-2/h3,5-11,13-18,32-33,35-37,45,50-55,66-69H,4,12,19-31H2,1-2H3,(H,60,70)(H,61,71)/t35?,36?,45?,50?,51?,52-,53-,54-,55-/m1/s1. The second kappa shape index (κ2) is 24.2. The Labute approximate surface area is 456 Å². The predicted octanol–water partition coefficient (Wildman–Crippen LogP) is 6.38. The van der Waals surface area contributed by atoms with Crippen molar-refractivity contribution >= 4 is 46.3 Å². The van der Waals surface area contributed by atoms with Crippen LogP contribution >= 0.6 is 22.7 Å². The Kier molecular flexibility index (Phi) is 17.0. The SMILES string of the molecule is COC1=C(Cc2csc(CNC(=O)[C@H](O)[C@@H](O)C(=O)N3CCc4ccccc4C3C3CCC(C4CN(C(=O)[C@H](O)[C@@H](O)C(=O)NCc5nc(Cc6ccccc6OC)cs5)C(C5CC5)c5ccccc54)CC3)n2)CCC=C1. The van der Waals surface area contributed by atoms with Gasteiger partial charge in [0.15, 0.2) is 24.4 Å². The van der Waals surface area contributed by atoms with E-state index in [9.17, 15) is 39.6 Å². The average Bonchev–Trinajstić information content (AvgIpc) is 4.07. The number of nitrogens with one attached hydrogen (secondary N) is 2. The molecule has 2 saturated carbocycles. The number of amides is 4. The van der Waals surface area contributed by atoms with Gasteiger partial charge in [0.05, 0.1) is 50.8 Å². The van der Waals surface area contributed by atoms with Gasteiger partial charge in [-0.2, -0.15) is 0 Å². The van der Waals surface area contributed by atoms with Gasteiger partial charge in [-0.25, -0.2) is 9.97 Å². The number of aliphatic hydroxyl groups excluding tert-OH is 4. The Bertz CT molecular complexity index is 3000. The highest BCUT2D eigenvalue weighted by molar-refractivity contribution is 7.09. The quantitative estimate of drug-likeness (QED) is 0.0531. The second-order valence-corrected chi connectivity index (χ2v) is 23.0.